The number of hydrogen-bond donors (Lipinski definition) is 2. The predicted octanol–water partition coefficient (Wildman–Crippen LogP) is 9.08. The summed E-state index contributed by atoms with van der Waals surface area (Å²) in [6.45, 7) is 5.87. The third-order valence-corrected chi connectivity index (χ3v) is 6.42. The summed E-state index contributed by atoms with van der Waals surface area (Å²) in [7, 11) is 0. The Hall–Kier alpha value is -0.880. The van der Waals surface area contributed by atoms with Crippen LogP contribution in [-0.4, -0.2) is 23.6 Å². The molecule has 4 nitrogen and oxygen atoms in total. The van der Waals surface area contributed by atoms with E-state index in [1.165, 1.54) is 116 Å². The Morgan fingerprint density at radius 3 is 1.03 bits per heavy atom. The van der Waals surface area contributed by atoms with E-state index >= 15 is 0 Å². The molecule has 0 aliphatic rings. The smallest absolute Gasteiger partial charge is 0.260 e. The topological polar surface area (TPSA) is 42.5 Å². The van der Waals surface area contributed by atoms with Gasteiger partial charge in [-0.2, -0.15) is 0 Å². The molecule has 0 saturated carbocycles. The molecular formula is C28H54N2O2S2. The van der Waals surface area contributed by atoms with Crippen LogP contribution in [0, 0.1) is 0 Å². The fourth-order valence-corrected chi connectivity index (χ4v) is 4.11. The van der Waals surface area contributed by atoms with Crippen molar-refractivity contribution in [3.05, 3.63) is 12.4 Å². The first-order chi connectivity index (χ1) is 16.7. The number of unbranched alkanes of at least 4 members (excludes halogenated alkanes) is 18. The Kier molecular flexibility index (Phi) is 27.6. The number of rotatable bonds is 24. The zero-order valence-corrected chi connectivity index (χ0v) is 24.0. The van der Waals surface area contributed by atoms with Crippen LogP contribution in [0.3, 0.4) is 0 Å². The highest BCUT2D eigenvalue weighted by Gasteiger charge is 1.98. The molecular weight excluding hydrogens is 460 g/mol. The van der Waals surface area contributed by atoms with E-state index in [0.29, 0.717) is 23.6 Å². The molecule has 0 heterocycles. The molecule has 0 aliphatic heterocycles. The molecule has 0 spiro atoms. The van der Waals surface area contributed by atoms with Crippen LogP contribution in [0.2, 0.25) is 0 Å². The van der Waals surface area contributed by atoms with Crippen molar-refractivity contribution in [2.75, 3.05) is 13.2 Å². The maximum absolute atomic E-state index is 5.54. The fourth-order valence-electron chi connectivity index (χ4n) is 3.81. The molecule has 0 bridgehead atoms. The van der Waals surface area contributed by atoms with Gasteiger partial charge in [0.1, 0.15) is 0 Å². The van der Waals surface area contributed by atoms with E-state index in [1.54, 1.807) is 12.4 Å². The molecule has 0 unspecified atom stereocenters. The van der Waals surface area contributed by atoms with Crippen LogP contribution in [0.5, 0.6) is 0 Å². The monoisotopic (exact) mass is 514 g/mol. The quantitative estimate of drug-likeness (QED) is 0.0989. The summed E-state index contributed by atoms with van der Waals surface area (Å²) in [5, 5.41) is 6.66. The van der Waals surface area contributed by atoms with E-state index < -0.39 is 0 Å². The molecule has 0 amide bonds. The van der Waals surface area contributed by atoms with Gasteiger partial charge in [0.05, 0.1) is 13.2 Å². The number of thiocarbonyl (C=S) groups is 2. The molecule has 0 saturated heterocycles. The third-order valence-electron chi connectivity index (χ3n) is 5.95. The number of hydrogen-bond acceptors (Lipinski definition) is 4. The lowest BCUT2D eigenvalue weighted by atomic mass is 10.1. The van der Waals surface area contributed by atoms with Crippen molar-refractivity contribution in [3.63, 3.8) is 0 Å². The molecule has 200 valence electrons. The Balaban J connectivity index is 3.37. The molecule has 0 fully saturated rings. The van der Waals surface area contributed by atoms with Crippen LogP contribution < -0.4 is 10.6 Å². The van der Waals surface area contributed by atoms with Gasteiger partial charge in [-0.1, -0.05) is 129 Å². The highest BCUT2D eigenvalue weighted by Crippen LogP contribution is 2.11. The summed E-state index contributed by atoms with van der Waals surface area (Å²) in [4.78, 5) is 0. The second kappa shape index (κ2) is 28.4. The van der Waals surface area contributed by atoms with Gasteiger partial charge in [0.15, 0.2) is 0 Å². The van der Waals surface area contributed by atoms with Gasteiger partial charge in [-0.25, -0.2) is 0 Å². The van der Waals surface area contributed by atoms with Crippen molar-refractivity contribution in [1.29, 1.82) is 0 Å². The molecule has 6 heteroatoms. The Morgan fingerprint density at radius 1 is 0.471 bits per heavy atom. The van der Waals surface area contributed by atoms with Crippen molar-refractivity contribution < 1.29 is 9.47 Å². The molecule has 2 N–H and O–H groups in total. The largest absolute Gasteiger partial charge is 0.471 e. The summed E-state index contributed by atoms with van der Waals surface area (Å²) >= 11 is 10.4. The van der Waals surface area contributed by atoms with Gasteiger partial charge >= 0.3 is 0 Å². The summed E-state index contributed by atoms with van der Waals surface area (Å²) < 4.78 is 11.1. The molecule has 0 aromatic carbocycles. The van der Waals surface area contributed by atoms with Crippen LogP contribution >= 0.6 is 24.4 Å². The molecule has 34 heavy (non-hydrogen) atoms. The van der Waals surface area contributed by atoms with Gasteiger partial charge in [0.25, 0.3) is 10.3 Å². The minimum Gasteiger partial charge on any atom is -0.471 e. The minimum absolute atomic E-state index is 0.395. The summed E-state index contributed by atoms with van der Waals surface area (Å²) in [6, 6.07) is 0. The van der Waals surface area contributed by atoms with Crippen LogP contribution in [0.1, 0.15) is 142 Å². The Bertz CT molecular complexity index is 445. The normalized spacial score (nSPS) is 11.0. The van der Waals surface area contributed by atoms with Gasteiger partial charge in [-0.15, -0.1) is 0 Å². The maximum Gasteiger partial charge on any atom is 0.260 e. The van der Waals surface area contributed by atoms with Gasteiger partial charge in [0, 0.05) is 12.4 Å². The first-order valence-electron chi connectivity index (χ1n) is 14.2. The zero-order valence-electron chi connectivity index (χ0n) is 22.3. The van der Waals surface area contributed by atoms with Gasteiger partial charge in [0.2, 0.25) is 0 Å². The molecule has 0 rings (SSSR count). The lowest BCUT2D eigenvalue weighted by Crippen LogP contribution is -2.22. The average molecular weight is 515 g/mol. The SMILES string of the molecule is CCCCCCCCCCCCOC(=S)NC=CNC(=S)OCCCCCCCCCCCC. The van der Waals surface area contributed by atoms with Crippen LogP contribution in [0.25, 0.3) is 0 Å². The maximum atomic E-state index is 5.54. The van der Waals surface area contributed by atoms with E-state index in [4.69, 9.17) is 33.9 Å². The van der Waals surface area contributed by atoms with E-state index in [9.17, 15) is 0 Å². The van der Waals surface area contributed by atoms with E-state index in [0.717, 1.165) is 12.8 Å². The Morgan fingerprint density at radius 2 is 0.735 bits per heavy atom. The zero-order chi connectivity index (χ0) is 25.0. The van der Waals surface area contributed by atoms with Crippen molar-refractivity contribution >= 4 is 34.8 Å². The highest BCUT2D eigenvalue weighted by molar-refractivity contribution is 7.80. The van der Waals surface area contributed by atoms with Gasteiger partial charge < -0.3 is 20.1 Å². The van der Waals surface area contributed by atoms with Crippen molar-refractivity contribution in [2.45, 2.75) is 142 Å². The first-order valence-corrected chi connectivity index (χ1v) is 15.0. The van der Waals surface area contributed by atoms with Crippen LogP contribution in [0.4, 0.5) is 0 Å². The summed E-state index contributed by atoms with van der Waals surface area (Å²) in [5.74, 6) is 0. The van der Waals surface area contributed by atoms with E-state index in [-0.39, 0.29) is 0 Å². The predicted molar refractivity (Wildman–Crippen MR) is 156 cm³/mol. The number of ether oxygens (including phenoxy) is 2. The second-order valence-electron chi connectivity index (χ2n) is 9.26. The third kappa shape index (κ3) is 27.4. The first kappa shape index (κ1) is 33.1. The van der Waals surface area contributed by atoms with Crippen molar-refractivity contribution in [1.82, 2.24) is 10.6 Å². The summed E-state index contributed by atoms with van der Waals surface area (Å²) in [5.41, 5.74) is 0. The Labute approximate surface area is 222 Å². The molecule has 0 radical (unpaired) electrons. The van der Waals surface area contributed by atoms with Gasteiger partial charge in [-0.3, -0.25) is 0 Å². The minimum atomic E-state index is 0.395. The fraction of sp³-hybridized carbons (Fsp3) is 0.857. The average Bonchev–Trinajstić information content (AvgIpc) is 2.83. The van der Waals surface area contributed by atoms with E-state index in [2.05, 4.69) is 24.5 Å². The molecule has 0 aromatic rings. The standard InChI is InChI=1S/C28H54N2O2S2/c1-3-5-7-9-11-13-15-17-19-21-25-31-27(33)29-23-24-30-28(34)32-26-22-20-18-16-14-12-10-8-6-4-2/h23-24H,3-22,25-26H2,1-2H3,(H,29,33)(H,30,34). The van der Waals surface area contributed by atoms with E-state index in [1.807, 2.05) is 0 Å². The second-order valence-corrected chi connectivity index (χ2v) is 10.00. The number of nitrogens with one attached hydrogen (secondary N) is 2. The van der Waals surface area contributed by atoms with Crippen LogP contribution in [-0.2, 0) is 9.47 Å². The van der Waals surface area contributed by atoms with Crippen molar-refractivity contribution in [2.24, 2.45) is 0 Å². The lowest BCUT2D eigenvalue weighted by molar-refractivity contribution is 0.289. The van der Waals surface area contributed by atoms with Crippen LogP contribution in [0.15, 0.2) is 12.4 Å². The molecule has 0 aromatic heterocycles. The molecule has 0 atom stereocenters. The van der Waals surface area contributed by atoms with Gasteiger partial charge in [-0.05, 0) is 37.3 Å². The highest BCUT2D eigenvalue weighted by atomic mass is 32.1. The lowest BCUT2D eigenvalue weighted by Gasteiger charge is -2.08. The van der Waals surface area contributed by atoms with Crippen molar-refractivity contribution in [3.8, 4) is 0 Å². The summed E-state index contributed by atoms with van der Waals surface area (Å²) in [6.07, 6.45) is 29.7. The molecule has 0 aliphatic carbocycles.